The summed E-state index contributed by atoms with van der Waals surface area (Å²) in [4.78, 5) is 1.57. The predicted octanol–water partition coefficient (Wildman–Crippen LogP) is 2.96. The van der Waals surface area contributed by atoms with Crippen molar-refractivity contribution in [1.82, 2.24) is 0 Å². The van der Waals surface area contributed by atoms with Gasteiger partial charge >= 0.3 is 152 Å². The van der Waals surface area contributed by atoms with Crippen LogP contribution in [0.2, 0.25) is 9.63 Å². The Bertz CT molecular complexity index is 561. The molecule has 0 saturated carbocycles. The van der Waals surface area contributed by atoms with Gasteiger partial charge in [-0.15, -0.1) is 0 Å². The van der Waals surface area contributed by atoms with E-state index in [2.05, 4.69) is 60.7 Å². The summed E-state index contributed by atoms with van der Waals surface area (Å²) in [5.41, 5.74) is 0. The Labute approximate surface area is 151 Å². The Morgan fingerprint density at radius 1 is 0.609 bits per heavy atom. The molecule has 2 aliphatic rings. The molecule has 4 rings (SSSR count). The number of benzene rings is 2. The van der Waals surface area contributed by atoms with Gasteiger partial charge in [-0.2, -0.15) is 0 Å². The summed E-state index contributed by atoms with van der Waals surface area (Å²) in [7, 11) is 0. The van der Waals surface area contributed by atoms with Crippen LogP contribution in [0.25, 0.3) is 0 Å². The fourth-order valence-corrected chi connectivity index (χ4v) is 8.88. The quantitative estimate of drug-likeness (QED) is 0.670. The molecule has 0 N–H and O–H groups in total. The zero-order valence-corrected chi connectivity index (χ0v) is 16.6. The zero-order valence-electron chi connectivity index (χ0n) is 13.1. The number of rotatable bonds is 4. The molecule has 2 aliphatic heterocycles. The first-order valence-corrected chi connectivity index (χ1v) is 12.2. The second-order valence-electron chi connectivity index (χ2n) is 6.31. The molecule has 2 aromatic rings. The molecule has 0 aromatic heterocycles. The first-order valence-electron chi connectivity index (χ1n) is 8.47. The van der Waals surface area contributed by atoms with Gasteiger partial charge in [-0.3, -0.25) is 0 Å². The van der Waals surface area contributed by atoms with Crippen LogP contribution in [0.15, 0.2) is 60.7 Å². The predicted molar refractivity (Wildman–Crippen MR) is 98.3 cm³/mol. The summed E-state index contributed by atoms with van der Waals surface area (Å²) in [6.45, 7) is 0. The number of hydrogen-bond acceptors (Lipinski definition) is 1. The Hall–Kier alpha value is -0.561. The van der Waals surface area contributed by atoms with E-state index in [0.717, 1.165) is 9.63 Å². The Morgan fingerprint density at radius 2 is 1.04 bits per heavy atom. The number of ether oxygens (including phenoxy) is 1. The molecule has 2 fully saturated rings. The van der Waals surface area contributed by atoms with Crippen LogP contribution in [0.1, 0.15) is 25.7 Å². The van der Waals surface area contributed by atoms with Gasteiger partial charge < -0.3 is 0 Å². The molecule has 2 bridgehead atoms. The van der Waals surface area contributed by atoms with E-state index in [1.807, 2.05) is 0 Å². The van der Waals surface area contributed by atoms with Gasteiger partial charge in [0.2, 0.25) is 0 Å². The topological polar surface area (TPSA) is 9.23 Å². The first-order chi connectivity index (χ1) is 11.4. The third-order valence-corrected chi connectivity index (χ3v) is 10.5. The second kappa shape index (κ2) is 7.55. The van der Waals surface area contributed by atoms with Crippen LogP contribution in [0.5, 0.6) is 0 Å². The normalized spacial score (nSPS) is 30.1. The van der Waals surface area contributed by atoms with E-state index in [4.69, 9.17) is 4.74 Å². The van der Waals surface area contributed by atoms with Crippen molar-refractivity contribution in [2.45, 2.75) is 47.5 Å². The molecule has 0 radical (unpaired) electrons. The summed E-state index contributed by atoms with van der Waals surface area (Å²) < 4.78 is 9.58. The Balaban J connectivity index is 1.37. The van der Waals surface area contributed by atoms with Gasteiger partial charge in [0.05, 0.1) is 0 Å². The molecule has 3 heteroatoms. The summed E-state index contributed by atoms with van der Waals surface area (Å²) >= 11 is 1.13. The molecule has 0 spiro atoms. The minimum absolute atomic E-state index is 0.525. The van der Waals surface area contributed by atoms with E-state index in [-0.39, 0.29) is 0 Å². The van der Waals surface area contributed by atoms with Gasteiger partial charge in [-0.25, -0.2) is 0 Å². The van der Waals surface area contributed by atoms with Gasteiger partial charge in [0.1, 0.15) is 0 Å². The van der Waals surface area contributed by atoms with Crippen LogP contribution in [0.3, 0.4) is 0 Å². The Morgan fingerprint density at radius 3 is 1.48 bits per heavy atom. The molecular formula is C20H22OSe2. The molecule has 0 amide bonds. The second-order valence-corrected chi connectivity index (χ2v) is 11.8. The van der Waals surface area contributed by atoms with Crippen LogP contribution < -0.4 is 8.92 Å². The molecule has 1 nitrogen and oxygen atoms in total. The van der Waals surface area contributed by atoms with Crippen molar-refractivity contribution < 1.29 is 4.74 Å². The van der Waals surface area contributed by atoms with Crippen LogP contribution >= 0.6 is 0 Å². The van der Waals surface area contributed by atoms with Crippen LogP contribution in [-0.4, -0.2) is 42.1 Å². The summed E-state index contributed by atoms with van der Waals surface area (Å²) in [5.74, 6) is 0. The van der Waals surface area contributed by atoms with E-state index in [1.165, 1.54) is 34.6 Å². The first kappa shape index (κ1) is 15.9. The van der Waals surface area contributed by atoms with Crippen LogP contribution in [-0.2, 0) is 4.74 Å². The summed E-state index contributed by atoms with van der Waals surface area (Å²) in [5, 5.41) is 0. The van der Waals surface area contributed by atoms with Crippen molar-refractivity contribution in [2.24, 2.45) is 0 Å². The van der Waals surface area contributed by atoms with E-state index in [1.54, 1.807) is 0 Å². The van der Waals surface area contributed by atoms with Crippen molar-refractivity contribution in [3.63, 3.8) is 0 Å². The van der Waals surface area contributed by atoms with Crippen LogP contribution in [0.4, 0.5) is 0 Å². The molecule has 4 atom stereocenters. The van der Waals surface area contributed by atoms with Crippen molar-refractivity contribution in [3.05, 3.63) is 60.7 Å². The summed E-state index contributed by atoms with van der Waals surface area (Å²) in [6.07, 6.45) is 6.33. The molecule has 2 aromatic carbocycles. The van der Waals surface area contributed by atoms with Crippen molar-refractivity contribution >= 4 is 38.8 Å². The molecular weight excluding hydrogens is 414 g/mol. The number of hydrogen-bond donors (Lipinski definition) is 0. The molecule has 2 saturated heterocycles. The van der Waals surface area contributed by atoms with E-state index in [9.17, 15) is 0 Å². The average molecular weight is 436 g/mol. The van der Waals surface area contributed by atoms with Crippen LogP contribution in [0, 0.1) is 0 Å². The van der Waals surface area contributed by atoms with Crippen molar-refractivity contribution in [3.8, 4) is 0 Å². The third kappa shape index (κ3) is 3.92. The van der Waals surface area contributed by atoms with Gasteiger partial charge in [0, 0.05) is 0 Å². The molecule has 2 heterocycles. The fraction of sp³-hybridized carbons (Fsp3) is 0.400. The van der Waals surface area contributed by atoms with Gasteiger partial charge in [0.15, 0.2) is 0 Å². The van der Waals surface area contributed by atoms with Gasteiger partial charge in [0.25, 0.3) is 0 Å². The molecule has 2 unspecified atom stereocenters. The zero-order chi connectivity index (χ0) is 15.5. The van der Waals surface area contributed by atoms with E-state index < -0.39 is 0 Å². The van der Waals surface area contributed by atoms with Gasteiger partial charge in [-0.05, 0) is 0 Å². The monoisotopic (exact) mass is 438 g/mol. The van der Waals surface area contributed by atoms with Crippen molar-refractivity contribution in [2.75, 3.05) is 0 Å². The summed E-state index contributed by atoms with van der Waals surface area (Å²) in [6, 6.07) is 22.1. The minimum atomic E-state index is 0.525. The maximum absolute atomic E-state index is 6.52. The third-order valence-electron chi connectivity index (χ3n) is 4.71. The van der Waals surface area contributed by atoms with Crippen molar-refractivity contribution in [1.29, 1.82) is 0 Å². The van der Waals surface area contributed by atoms with Gasteiger partial charge in [-0.1, -0.05) is 0 Å². The molecule has 23 heavy (non-hydrogen) atoms. The maximum atomic E-state index is 6.52. The van der Waals surface area contributed by atoms with E-state index >= 15 is 0 Å². The van der Waals surface area contributed by atoms with E-state index in [0.29, 0.717) is 42.1 Å². The Kier molecular flexibility index (Phi) is 5.23. The molecule has 0 aliphatic carbocycles. The standard InChI is InChI=1S/C20H22OSe2/c1-3-7-15(8-4-1)22-19-13-11-18-20(14-12-17(19)21-18)23-16-9-5-2-6-10-16/h1-10,17-20H,11-14H2/t17-,18-,19?,20?/m1/s1. The SMILES string of the molecule is c1ccc([Se]C2CC[C@H]3O[C@@H]2CCC3[Se]c2ccccc2)cc1. The molecule has 120 valence electrons. The average Bonchev–Trinajstić information content (AvgIpc) is 2.61. The fourth-order valence-electron chi connectivity index (χ4n) is 3.55. The number of fused-ring (bicyclic) bond motifs is 2.